The van der Waals surface area contributed by atoms with Gasteiger partial charge in [0.2, 0.25) is 0 Å². The molecule has 0 radical (unpaired) electrons. The maximum Gasteiger partial charge on any atom is 0.153 e. The Balaban J connectivity index is 1.73. The predicted molar refractivity (Wildman–Crippen MR) is 70.3 cm³/mol. The Labute approximate surface area is 110 Å². The van der Waals surface area contributed by atoms with Gasteiger partial charge in [-0.2, -0.15) is 0 Å². The van der Waals surface area contributed by atoms with Crippen molar-refractivity contribution in [3.63, 3.8) is 0 Å². The summed E-state index contributed by atoms with van der Waals surface area (Å²) in [5, 5.41) is 3.20. The van der Waals surface area contributed by atoms with Crippen molar-refractivity contribution in [1.82, 2.24) is 5.32 Å². The molecule has 1 aliphatic heterocycles. The molecular weight excluding hydrogens is 282 g/mol. The molecular formula is C13H16BrNO2. The molecule has 1 heterocycles. The van der Waals surface area contributed by atoms with E-state index in [1.54, 1.807) is 0 Å². The van der Waals surface area contributed by atoms with Gasteiger partial charge in [0, 0.05) is 10.9 Å². The van der Waals surface area contributed by atoms with Crippen molar-refractivity contribution >= 4 is 21.7 Å². The van der Waals surface area contributed by atoms with Crippen LogP contribution in [0.25, 0.3) is 0 Å². The molecule has 1 fully saturated rings. The summed E-state index contributed by atoms with van der Waals surface area (Å²) in [5.74, 6) is 1.06. The summed E-state index contributed by atoms with van der Waals surface area (Å²) in [7, 11) is 0. The molecule has 1 aromatic rings. The lowest BCUT2D eigenvalue weighted by molar-refractivity contribution is -0.121. The van der Waals surface area contributed by atoms with Crippen LogP contribution in [0.15, 0.2) is 28.7 Å². The van der Waals surface area contributed by atoms with Gasteiger partial charge in [0.25, 0.3) is 0 Å². The fourth-order valence-corrected chi connectivity index (χ4v) is 2.34. The average Bonchev–Trinajstić information content (AvgIpc) is 2.82. The number of hydrogen-bond acceptors (Lipinski definition) is 3. The normalized spacial score (nSPS) is 19.2. The first kappa shape index (κ1) is 12.6. The van der Waals surface area contributed by atoms with Crippen molar-refractivity contribution in [2.75, 3.05) is 13.2 Å². The smallest absolute Gasteiger partial charge is 0.153 e. The summed E-state index contributed by atoms with van der Waals surface area (Å²) in [6.07, 6.45) is 2.54. The van der Waals surface area contributed by atoms with Crippen molar-refractivity contribution in [2.45, 2.75) is 25.3 Å². The van der Waals surface area contributed by atoms with Crippen molar-refractivity contribution in [1.29, 1.82) is 0 Å². The van der Waals surface area contributed by atoms with E-state index in [-0.39, 0.29) is 11.8 Å². The van der Waals surface area contributed by atoms with E-state index in [0.29, 0.717) is 13.0 Å². The molecule has 0 aliphatic carbocycles. The second-order valence-electron chi connectivity index (χ2n) is 4.17. The standard InChI is InChI=1S/C13H16BrNO2/c14-10-3-1-4-11(9-10)17-8-6-13(16)12-5-2-7-15-12/h1,3-4,9,12,15H,2,5-8H2. The molecule has 1 N–H and O–H groups in total. The van der Waals surface area contributed by atoms with E-state index in [0.717, 1.165) is 29.6 Å². The highest BCUT2D eigenvalue weighted by Gasteiger charge is 2.21. The maximum absolute atomic E-state index is 11.8. The number of halogens is 1. The lowest BCUT2D eigenvalue weighted by Crippen LogP contribution is -2.31. The number of benzene rings is 1. The van der Waals surface area contributed by atoms with E-state index >= 15 is 0 Å². The van der Waals surface area contributed by atoms with Gasteiger partial charge in [-0.25, -0.2) is 0 Å². The van der Waals surface area contributed by atoms with E-state index in [4.69, 9.17) is 4.74 Å². The molecule has 2 rings (SSSR count). The van der Waals surface area contributed by atoms with Crippen molar-refractivity contribution in [3.8, 4) is 5.75 Å². The van der Waals surface area contributed by atoms with E-state index in [1.165, 1.54) is 0 Å². The van der Waals surface area contributed by atoms with E-state index in [2.05, 4.69) is 21.2 Å². The molecule has 0 amide bonds. The SMILES string of the molecule is O=C(CCOc1cccc(Br)c1)C1CCCN1. The molecule has 1 aliphatic rings. The van der Waals surface area contributed by atoms with Crippen LogP contribution in [-0.4, -0.2) is 25.0 Å². The summed E-state index contributed by atoms with van der Waals surface area (Å²) in [5.41, 5.74) is 0. The van der Waals surface area contributed by atoms with Gasteiger partial charge < -0.3 is 10.1 Å². The minimum atomic E-state index is 0.0566. The van der Waals surface area contributed by atoms with Gasteiger partial charge in [0.1, 0.15) is 5.75 Å². The number of carbonyl (C=O) groups excluding carboxylic acids is 1. The van der Waals surface area contributed by atoms with Gasteiger partial charge in [0.05, 0.1) is 12.6 Å². The fourth-order valence-electron chi connectivity index (χ4n) is 1.96. The predicted octanol–water partition coefficient (Wildman–Crippen LogP) is 2.54. The molecule has 0 aromatic heterocycles. The lowest BCUT2D eigenvalue weighted by atomic mass is 10.1. The minimum absolute atomic E-state index is 0.0566. The Morgan fingerprint density at radius 3 is 3.12 bits per heavy atom. The molecule has 1 atom stereocenters. The van der Waals surface area contributed by atoms with Gasteiger partial charge in [-0.3, -0.25) is 4.79 Å². The van der Waals surface area contributed by atoms with Crippen LogP contribution in [0.5, 0.6) is 5.75 Å². The van der Waals surface area contributed by atoms with Crippen LogP contribution in [0.2, 0.25) is 0 Å². The number of Topliss-reactive ketones (excluding diaryl/α,β-unsaturated/α-hetero) is 1. The number of hydrogen-bond donors (Lipinski definition) is 1. The average molecular weight is 298 g/mol. The van der Waals surface area contributed by atoms with Crippen LogP contribution < -0.4 is 10.1 Å². The highest BCUT2D eigenvalue weighted by molar-refractivity contribution is 9.10. The first-order valence-electron chi connectivity index (χ1n) is 5.90. The van der Waals surface area contributed by atoms with Gasteiger partial charge in [-0.15, -0.1) is 0 Å². The zero-order valence-electron chi connectivity index (χ0n) is 9.62. The molecule has 0 bridgehead atoms. The summed E-state index contributed by atoms with van der Waals surface area (Å²) < 4.78 is 6.52. The Hall–Kier alpha value is -0.870. The summed E-state index contributed by atoms with van der Waals surface area (Å²) in [4.78, 5) is 11.8. The van der Waals surface area contributed by atoms with Crippen LogP contribution in [0.3, 0.4) is 0 Å². The first-order valence-corrected chi connectivity index (χ1v) is 6.69. The molecule has 4 heteroatoms. The van der Waals surface area contributed by atoms with E-state index in [1.807, 2.05) is 24.3 Å². The molecule has 92 valence electrons. The molecule has 0 saturated carbocycles. The molecule has 3 nitrogen and oxygen atoms in total. The number of nitrogens with one attached hydrogen (secondary N) is 1. The molecule has 17 heavy (non-hydrogen) atoms. The first-order chi connectivity index (χ1) is 8.25. The van der Waals surface area contributed by atoms with Gasteiger partial charge >= 0.3 is 0 Å². The quantitative estimate of drug-likeness (QED) is 0.908. The summed E-state index contributed by atoms with van der Waals surface area (Å²) >= 11 is 3.38. The topological polar surface area (TPSA) is 38.3 Å². The number of ether oxygens (including phenoxy) is 1. The van der Waals surface area contributed by atoms with Gasteiger partial charge in [0.15, 0.2) is 5.78 Å². The van der Waals surface area contributed by atoms with Crippen molar-refractivity contribution in [3.05, 3.63) is 28.7 Å². The molecule has 1 saturated heterocycles. The number of ketones is 1. The Kier molecular flexibility index (Phi) is 4.57. The third kappa shape index (κ3) is 3.82. The van der Waals surface area contributed by atoms with Crippen LogP contribution in [0.4, 0.5) is 0 Å². The summed E-state index contributed by atoms with van der Waals surface area (Å²) in [6.45, 7) is 1.41. The summed E-state index contributed by atoms with van der Waals surface area (Å²) in [6, 6.07) is 7.71. The molecule has 1 unspecified atom stereocenters. The highest BCUT2D eigenvalue weighted by Crippen LogP contribution is 2.18. The third-order valence-corrected chi connectivity index (χ3v) is 3.36. The highest BCUT2D eigenvalue weighted by atomic mass is 79.9. The van der Waals surface area contributed by atoms with Crippen LogP contribution in [0.1, 0.15) is 19.3 Å². The number of rotatable bonds is 5. The zero-order chi connectivity index (χ0) is 12.1. The van der Waals surface area contributed by atoms with Crippen LogP contribution >= 0.6 is 15.9 Å². The Morgan fingerprint density at radius 2 is 2.41 bits per heavy atom. The van der Waals surface area contributed by atoms with Crippen LogP contribution in [-0.2, 0) is 4.79 Å². The number of carbonyl (C=O) groups is 1. The zero-order valence-corrected chi connectivity index (χ0v) is 11.2. The Morgan fingerprint density at radius 1 is 1.53 bits per heavy atom. The minimum Gasteiger partial charge on any atom is -0.493 e. The van der Waals surface area contributed by atoms with Crippen molar-refractivity contribution in [2.24, 2.45) is 0 Å². The van der Waals surface area contributed by atoms with E-state index in [9.17, 15) is 4.79 Å². The fraction of sp³-hybridized carbons (Fsp3) is 0.462. The maximum atomic E-state index is 11.8. The molecule has 0 spiro atoms. The van der Waals surface area contributed by atoms with E-state index < -0.39 is 0 Å². The van der Waals surface area contributed by atoms with Crippen LogP contribution in [0, 0.1) is 0 Å². The third-order valence-electron chi connectivity index (χ3n) is 2.86. The molecule has 1 aromatic carbocycles. The monoisotopic (exact) mass is 297 g/mol. The van der Waals surface area contributed by atoms with Gasteiger partial charge in [-0.05, 0) is 37.6 Å². The Bertz CT molecular complexity index is 389. The van der Waals surface area contributed by atoms with Gasteiger partial charge in [-0.1, -0.05) is 22.0 Å². The lowest BCUT2D eigenvalue weighted by Gasteiger charge is -2.10. The largest absolute Gasteiger partial charge is 0.493 e. The van der Waals surface area contributed by atoms with Crippen molar-refractivity contribution < 1.29 is 9.53 Å². The second-order valence-corrected chi connectivity index (χ2v) is 5.09. The second kappa shape index (κ2) is 6.17.